The van der Waals surface area contributed by atoms with Crippen LogP contribution in [0.3, 0.4) is 0 Å². The zero-order valence-electron chi connectivity index (χ0n) is 22.7. The van der Waals surface area contributed by atoms with Gasteiger partial charge in [0, 0.05) is 22.6 Å². The number of methoxy groups -OCH3 is 1. The van der Waals surface area contributed by atoms with Gasteiger partial charge in [-0.25, -0.2) is 4.90 Å². The van der Waals surface area contributed by atoms with Crippen LogP contribution in [0.4, 0.5) is 11.4 Å². The van der Waals surface area contributed by atoms with E-state index in [0.29, 0.717) is 28.3 Å². The fraction of sp³-hybridized carbons (Fsp3) is 0.0909. The van der Waals surface area contributed by atoms with Gasteiger partial charge in [-0.2, -0.15) is 0 Å². The van der Waals surface area contributed by atoms with E-state index in [1.807, 2.05) is 6.07 Å². The third-order valence-corrected chi connectivity index (χ3v) is 7.66. The van der Waals surface area contributed by atoms with Crippen molar-refractivity contribution in [3.63, 3.8) is 0 Å². The first-order valence-electron chi connectivity index (χ1n) is 13.1. The van der Waals surface area contributed by atoms with Crippen molar-refractivity contribution in [1.82, 2.24) is 5.32 Å². The summed E-state index contributed by atoms with van der Waals surface area (Å²) in [6.07, 6.45) is 1.69. The molecule has 210 valence electrons. The number of nitrogens with zero attached hydrogens (tertiary/aromatic N) is 1. The van der Waals surface area contributed by atoms with Crippen LogP contribution in [0.25, 0.3) is 6.08 Å². The lowest BCUT2D eigenvalue weighted by Crippen LogP contribution is -2.31. The molecular weight excluding hydrogens is 550 g/mol. The Hall–Kier alpha value is -5.15. The maximum absolute atomic E-state index is 13.3. The van der Waals surface area contributed by atoms with E-state index in [2.05, 4.69) is 10.6 Å². The van der Waals surface area contributed by atoms with Crippen LogP contribution < -0.4 is 20.3 Å². The molecule has 42 heavy (non-hydrogen) atoms. The smallest absolute Gasteiger partial charge is 0.272 e. The summed E-state index contributed by atoms with van der Waals surface area (Å²) >= 11 is 1.30. The Morgan fingerprint density at radius 2 is 1.50 bits per heavy atom. The highest BCUT2D eigenvalue weighted by atomic mass is 32.2. The van der Waals surface area contributed by atoms with Crippen molar-refractivity contribution in [1.29, 1.82) is 0 Å². The number of ether oxygens (including phenoxy) is 1. The minimum Gasteiger partial charge on any atom is -0.497 e. The van der Waals surface area contributed by atoms with Gasteiger partial charge in [0.25, 0.3) is 11.8 Å². The molecule has 0 aromatic heterocycles. The molecule has 0 saturated carbocycles. The van der Waals surface area contributed by atoms with E-state index in [4.69, 9.17) is 4.74 Å². The second kappa shape index (κ2) is 13.0. The fourth-order valence-electron chi connectivity index (χ4n) is 4.33. The number of imide groups is 1. The Balaban J connectivity index is 1.28. The maximum atomic E-state index is 13.3. The third-order valence-electron chi connectivity index (χ3n) is 6.47. The SMILES string of the molecule is COc1ccc(/C=C(\NC(=O)c2ccccc2)C(=O)Nc2ccc(SC3CC(=O)N(c4ccccc4)C3=O)cc2)cc1. The van der Waals surface area contributed by atoms with E-state index in [1.165, 1.54) is 16.7 Å². The lowest BCUT2D eigenvalue weighted by molar-refractivity contribution is -0.121. The summed E-state index contributed by atoms with van der Waals surface area (Å²) in [6, 6.07) is 31.5. The van der Waals surface area contributed by atoms with Gasteiger partial charge in [-0.1, -0.05) is 48.5 Å². The van der Waals surface area contributed by atoms with Gasteiger partial charge >= 0.3 is 0 Å². The van der Waals surface area contributed by atoms with Gasteiger partial charge < -0.3 is 15.4 Å². The molecule has 4 aromatic rings. The largest absolute Gasteiger partial charge is 0.497 e. The van der Waals surface area contributed by atoms with E-state index in [1.54, 1.807) is 116 Å². The number of para-hydroxylation sites is 1. The quantitative estimate of drug-likeness (QED) is 0.200. The minimum atomic E-state index is -0.537. The summed E-state index contributed by atoms with van der Waals surface area (Å²) in [4.78, 5) is 53.7. The molecule has 9 heteroatoms. The van der Waals surface area contributed by atoms with Crippen LogP contribution in [0, 0.1) is 0 Å². The fourth-order valence-corrected chi connectivity index (χ4v) is 5.39. The van der Waals surface area contributed by atoms with Crippen LogP contribution in [-0.2, 0) is 14.4 Å². The van der Waals surface area contributed by atoms with Gasteiger partial charge in [-0.3, -0.25) is 19.2 Å². The molecule has 4 aromatic carbocycles. The lowest BCUT2D eigenvalue weighted by Gasteiger charge is -2.15. The number of carbonyl (C=O) groups excluding carboxylic acids is 4. The molecule has 1 saturated heterocycles. The van der Waals surface area contributed by atoms with Crippen molar-refractivity contribution in [2.75, 3.05) is 17.3 Å². The highest BCUT2D eigenvalue weighted by Gasteiger charge is 2.40. The van der Waals surface area contributed by atoms with E-state index in [-0.39, 0.29) is 23.9 Å². The second-order valence-electron chi connectivity index (χ2n) is 9.34. The number of amides is 4. The minimum absolute atomic E-state index is 0.0588. The first-order valence-corrected chi connectivity index (χ1v) is 14.0. The molecule has 5 rings (SSSR count). The monoisotopic (exact) mass is 577 g/mol. The molecule has 1 unspecified atom stereocenters. The van der Waals surface area contributed by atoms with Gasteiger partial charge in [0.15, 0.2) is 0 Å². The Labute approximate surface area is 247 Å². The summed E-state index contributed by atoms with van der Waals surface area (Å²) in [5, 5.41) is 5.00. The predicted molar refractivity (Wildman–Crippen MR) is 163 cm³/mol. The summed E-state index contributed by atoms with van der Waals surface area (Å²) in [6.45, 7) is 0. The van der Waals surface area contributed by atoms with E-state index in [9.17, 15) is 19.2 Å². The molecule has 0 spiro atoms. The van der Waals surface area contributed by atoms with Crippen molar-refractivity contribution in [2.24, 2.45) is 0 Å². The van der Waals surface area contributed by atoms with E-state index in [0.717, 1.165) is 4.90 Å². The summed E-state index contributed by atoms with van der Waals surface area (Å²) < 4.78 is 5.20. The standard InChI is InChI=1S/C33H27N3O5S/c1-41-26-16-12-22(13-17-26)20-28(35-31(38)23-8-4-2-5-9-23)32(39)34-24-14-18-27(19-15-24)42-29-21-30(37)36(33(29)40)25-10-6-3-7-11-25/h2-20,29H,21H2,1H3,(H,34,39)(H,35,38)/b28-20-. The summed E-state index contributed by atoms with van der Waals surface area (Å²) in [5.41, 5.74) is 2.23. The van der Waals surface area contributed by atoms with Crippen molar-refractivity contribution < 1.29 is 23.9 Å². The average Bonchev–Trinajstić information content (AvgIpc) is 3.30. The molecule has 1 atom stereocenters. The van der Waals surface area contributed by atoms with Crippen LogP contribution in [0.2, 0.25) is 0 Å². The summed E-state index contributed by atoms with van der Waals surface area (Å²) in [5.74, 6) is -0.749. The van der Waals surface area contributed by atoms with Gasteiger partial charge in [0.1, 0.15) is 11.4 Å². The molecule has 0 radical (unpaired) electrons. The zero-order valence-corrected chi connectivity index (χ0v) is 23.5. The number of carbonyl (C=O) groups is 4. The molecular formula is C33H27N3O5S. The van der Waals surface area contributed by atoms with Crippen molar-refractivity contribution in [2.45, 2.75) is 16.6 Å². The summed E-state index contributed by atoms with van der Waals surface area (Å²) in [7, 11) is 1.57. The number of hydrogen-bond donors (Lipinski definition) is 2. The molecule has 1 aliphatic rings. The van der Waals surface area contributed by atoms with Crippen LogP contribution in [0.15, 0.2) is 120 Å². The molecule has 4 amide bonds. The normalized spacial score (nSPS) is 14.9. The molecule has 0 aliphatic carbocycles. The number of nitrogens with one attached hydrogen (secondary N) is 2. The molecule has 8 nitrogen and oxygen atoms in total. The van der Waals surface area contributed by atoms with E-state index >= 15 is 0 Å². The first kappa shape index (κ1) is 28.4. The second-order valence-corrected chi connectivity index (χ2v) is 10.6. The van der Waals surface area contributed by atoms with E-state index < -0.39 is 17.1 Å². The average molecular weight is 578 g/mol. The van der Waals surface area contributed by atoms with Crippen LogP contribution in [0.1, 0.15) is 22.3 Å². The number of benzene rings is 4. The Morgan fingerprint density at radius 1 is 0.857 bits per heavy atom. The van der Waals surface area contributed by atoms with Gasteiger partial charge in [-0.05, 0) is 72.3 Å². The topological polar surface area (TPSA) is 105 Å². The highest BCUT2D eigenvalue weighted by Crippen LogP contribution is 2.34. The first-order chi connectivity index (χ1) is 20.4. The van der Waals surface area contributed by atoms with Crippen LogP contribution in [-0.4, -0.2) is 36.0 Å². The third kappa shape index (κ3) is 6.76. The highest BCUT2D eigenvalue weighted by molar-refractivity contribution is 8.00. The van der Waals surface area contributed by atoms with Crippen molar-refractivity contribution in [3.05, 3.63) is 126 Å². The number of hydrogen-bond acceptors (Lipinski definition) is 6. The van der Waals surface area contributed by atoms with Crippen LogP contribution in [0.5, 0.6) is 5.75 Å². The molecule has 0 bridgehead atoms. The molecule has 1 heterocycles. The lowest BCUT2D eigenvalue weighted by atomic mass is 10.1. The van der Waals surface area contributed by atoms with Crippen molar-refractivity contribution >= 4 is 52.8 Å². The Bertz CT molecular complexity index is 1620. The molecule has 2 N–H and O–H groups in total. The maximum Gasteiger partial charge on any atom is 0.272 e. The van der Waals surface area contributed by atoms with Gasteiger partial charge in [0.05, 0.1) is 18.0 Å². The number of anilines is 2. The Morgan fingerprint density at radius 3 is 2.14 bits per heavy atom. The zero-order chi connectivity index (χ0) is 29.5. The number of thioether (sulfide) groups is 1. The molecule has 1 aliphatic heterocycles. The van der Waals surface area contributed by atoms with Crippen LogP contribution >= 0.6 is 11.8 Å². The Kier molecular flexibility index (Phi) is 8.79. The van der Waals surface area contributed by atoms with Crippen molar-refractivity contribution in [3.8, 4) is 5.75 Å². The molecule has 1 fully saturated rings. The number of rotatable bonds is 9. The predicted octanol–water partition coefficient (Wildman–Crippen LogP) is 5.53. The van der Waals surface area contributed by atoms with Gasteiger partial charge in [-0.15, -0.1) is 11.8 Å². The van der Waals surface area contributed by atoms with Gasteiger partial charge in [0.2, 0.25) is 11.8 Å².